The highest BCUT2D eigenvalue weighted by molar-refractivity contribution is 6.06. The first-order valence-electron chi connectivity index (χ1n) is 11.9. The van der Waals surface area contributed by atoms with Crippen LogP contribution in [0.1, 0.15) is 56.3 Å². The Labute approximate surface area is 184 Å². The molecule has 170 valence electrons. The van der Waals surface area contributed by atoms with Crippen LogP contribution in [0.15, 0.2) is 12.4 Å². The third-order valence-electron chi connectivity index (χ3n) is 6.76. The largest absolute Gasteiger partial charge is 0.381 e. The zero-order chi connectivity index (χ0) is 21.6. The molecule has 1 unspecified atom stereocenters. The average molecular weight is 429 g/mol. The number of nitrogens with one attached hydrogen (secondary N) is 2. The Morgan fingerprint density at radius 1 is 1.23 bits per heavy atom. The van der Waals surface area contributed by atoms with Gasteiger partial charge in [0, 0.05) is 45.0 Å². The molecule has 3 heterocycles. The third kappa shape index (κ3) is 5.18. The molecular weight excluding hydrogens is 392 g/mol. The molecule has 0 bridgehead atoms. The maximum absolute atomic E-state index is 13.1. The van der Waals surface area contributed by atoms with Crippen molar-refractivity contribution in [3.05, 3.63) is 18.0 Å². The second-order valence-electron chi connectivity index (χ2n) is 8.79. The van der Waals surface area contributed by atoms with Crippen LogP contribution in [0.2, 0.25) is 0 Å². The summed E-state index contributed by atoms with van der Waals surface area (Å²) in [5.74, 6) is 0.556. The monoisotopic (exact) mass is 428 g/mol. The van der Waals surface area contributed by atoms with Crippen LogP contribution in [0, 0.1) is 5.92 Å². The Morgan fingerprint density at radius 2 is 2.00 bits per heavy atom. The highest BCUT2D eigenvalue weighted by Crippen LogP contribution is 2.32. The summed E-state index contributed by atoms with van der Waals surface area (Å²) in [5, 5.41) is 12.2. The van der Waals surface area contributed by atoms with E-state index in [1.807, 2.05) is 10.9 Å². The SMILES string of the molecule is CCn1ncc2c(NC(C)C3CCCCC3)c(C(=O)NCCN3CCOCC3)cnc21. The van der Waals surface area contributed by atoms with Gasteiger partial charge in [-0.05, 0) is 32.6 Å². The van der Waals surface area contributed by atoms with Gasteiger partial charge in [-0.3, -0.25) is 9.69 Å². The molecule has 1 saturated heterocycles. The minimum absolute atomic E-state index is 0.0785. The number of ether oxygens (including phenoxy) is 1. The second-order valence-corrected chi connectivity index (χ2v) is 8.79. The van der Waals surface area contributed by atoms with Crippen molar-refractivity contribution in [3.8, 4) is 0 Å². The van der Waals surface area contributed by atoms with E-state index >= 15 is 0 Å². The standard InChI is InChI=1S/C23H36N6O2/c1-3-29-22-19(16-26-29)21(27-17(2)18-7-5-4-6-8-18)20(15-25-22)23(30)24-9-10-28-11-13-31-14-12-28/h15-18H,3-14H2,1-2H3,(H,24,30)(H,25,27). The first-order chi connectivity index (χ1) is 15.2. The first kappa shape index (κ1) is 22.0. The van der Waals surface area contributed by atoms with Gasteiger partial charge in [0.25, 0.3) is 5.91 Å². The van der Waals surface area contributed by atoms with E-state index in [2.05, 4.69) is 39.5 Å². The van der Waals surface area contributed by atoms with Gasteiger partial charge in [0.05, 0.1) is 36.0 Å². The van der Waals surface area contributed by atoms with Crippen LogP contribution in [0.4, 0.5) is 5.69 Å². The topological polar surface area (TPSA) is 84.3 Å². The fourth-order valence-electron chi connectivity index (χ4n) is 4.81. The normalized spacial score (nSPS) is 19.4. The number of pyridine rings is 1. The quantitative estimate of drug-likeness (QED) is 0.673. The number of morpholine rings is 1. The van der Waals surface area contributed by atoms with Crippen molar-refractivity contribution in [3.63, 3.8) is 0 Å². The van der Waals surface area contributed by atoms with Gasteiger partial charge in [-0.15, -0.1) is 0 Å². The Balaban J connectivity index is 1.51. The van der Waals surface area contributed by atoms with Gasteiger partial charge in [0.2, 0.25) is 0 Å². The number of carbonyl (C=O) groups is 1. The lowest BCUT2D eigenvalue weighted by atomic mass is 9.84. The Kier molecular flexibility index (Phi) is 7.40. The van der Waals surface area contributed by atoms with E-state index < -0.39 is 0 Å². The van der Waals surface area contributed by atoms with Gasteiger partial charge in [-0.25, -0.2) is 9.67 Å². The van der Waals surface area contributed by atoms with Crippen molar-refractivity contribution in [2.75, 3.05) is 44.7 Å². The van der Waals surface area contributed by atoms with Crippen LogP contribution in [0.5, 0.6) is 0 Å². The van der Waals surface area contributed by atoms with Gasteiger partial charge in [0.15, 0.2) is 5.65 Å². The molecule has 1 atom stereocenters. The molecule has 1 aliphatic heterocycles. The second kappa shape index (κ2) is 10.4. The highest BCUT2D eigenvalue weighted by Gasteiger charge is 2.24. The van der Waals surface area contributed by atoms with E-state index in [1.54, 1.807) is 6.20 Å². The van der Waals surface area contributed by atoms with Gasteiger partial charge < -0.3 is 15.4 Å². The van der Waals surface area contributed by atoms with E-state index in [4.69, 9.17) is 4.74 Å². The van der Waals surface area contributed by atoms with E-state index in [9.17, 15) is 4.79 Å². The molecule has 8 nitrogen and oxygen atoms in total. The molecule has 2 fully saturated rings. The highest BCUT2D eigenvalue weighted by atomic mass is 16.5. The molecule has 4 rings (SSSR count). The molecule has 1 saturated carbocycles. The van der Waals surface area contributed by atoms with Crippen LogP contribution < -0.4 is 10.6 Å². The molecule has 2 aliphatic rings. The Morgan fingerprint density at radius 3 is 2.74 bits per heavy atom. The number of aromatic nitrogens is 3. The number of hydrogen-bond donors (Lipinski definition) is 2. The number of anilines is 1. The lowest BCUT2D eigenvalue weighted by Crippen LogP contribution is -2.41. The predicted octanol–water partition coefficient (Wildman–Crippen LogP) is 2.89. The van der Waals surface area contributed by atoms with Crippen molar-refractivity contribution < 1.29 is 9.53 Å². The van der Waals surface area contributed by atoms with Crippen molar-refractivity contribution in [2.24, 2.45) is 5.92 Å². The molecule has 0 spiro atoms. The molecule has 2 aromatic rings. The lowest BCUT2D eigenvalue weighted by Gasteiger charge is -2.30. The smallest absolute Gasteiger partial charge is 0.255 e. The molecule has 1 amide bonds. The Bertz CT molecular complexity index is 870. The zero-order valence-corrected chi connectivity index (χ0v) is 18.9. The number of nitrogens with zero attached hydrogens (tertiary/aromatic N) is 4. The summed E-state index contributed by atoms with van der Waals surface area (Å²) in [5.41, 5.74) is 2.30. The van der Waals surface area contributed by atoms with E-state index in [1.165, 1.54) is 32.1 Å². The van der Waals surface area contributed by atoms with Crippen molar-refractivity contribution in [1.82, 2.24) is 25.0 Å². The maximum Gasteiger partial charge on any atom is 0.255 e. The van der Waals surface area contributed by atoms with Crippen molar-refractivity contribution in [1.29, 1.82) is 0 Å². The molecule has 2 aromatic heterocycles. The number of fused-ring (bicyclic) bond motifs is 1. The minimum Gasteiger partial charge on any atom is -0.381 e. The molecule has 0 radical (unpaired) electrons. The summed E-state index contributed by atoms with van der Waals surface area (Å²) in [6, 6.07) is 0.302. The number of aryl methyl sites for hydroxylation is 1. The van der Waals surface area contributed by atoms with Crippen LogP contribution >= 0.6 is 0 Å². The summed E-state index contributed by atoms with van der Waals surface area (Å²) in [6.07, 6.45) is 9.97. The molecule has 31 heavy (non-hydrogen) atoms. The summed E-state index contributed by atoms with van der Waals surface area (Å²) < 4.78 is 7.28. The molecular formula is C23H36N6O2. The zero-order valence-electron chi connectivity index (χ0n) is 18.9. The number of rotatable bonds is 8. The summed E-state index contributed by atoms with van der Waals surface area (Å²) in [7, 11) is 0. The van der Waals surface area contributed by atoms with Gasteiger partial charge in [0.1, 0.15) is 0 Å². The summed E-state index contributed by atoms with van der Waals surface area (Å²) in [4.78, 5) is 20.0. The molecule has 1 aliphatic carbocycles. The number of hydrogen-bond acceptors (Lipinski definition) is 6. The van der Waals surface area contributed by atoms with Crippen molar-refractivity contribution >= 4 is 22.6 Å². The molecule has 0 aromatic carbocycles. The minimum atomic E-state index is -0.0785. The van der Waals surface area contributed by atoms with E-state index in [-0.39, 0.29) is 5.91 Å². The van der Waals surface area contributed by atoms with Crippen LogP contribution in [-0.2, 0) is 11.3 Å². The number of carbonyl (C=O) groups excluding carboxylic acids is 1. The van der Waals surface area contributed by atoms with E-state index in [0.29, 0.717) is 24.1 Å². The summed E-state index contributed by atoms with van der Waals surface area (Å²) in [6.45, 7) is 9.87. The predicted molar refractivity (Wildman–Crippen MR) is 122 cm³/mol. The molecule has 8 heteroatoms. The fraction of sp³-hybridized carbons (Fsp3) is 0.696. The van der Waals surface area contributed by atoms with Gasteiger partial charge in [-0.1, -0.05) is 19.3 Å². The van der Waals surface area contributed by atoms with Crippen LogP contribution in [0.25, 0.3) is 11.0 Å². The van der Waals surface area contributed by atoms with E-state index in [0.717, 1.165) is 56.1 Å². The number of amides is 1. The average Bonchev–Trinajstić information content (AvgIpc) is 3.24. The lowest BCUT2D eigenvalue weighted by molar-refractivity contribution is 0.0383. The maximum atomic E-state index is 13.1. The third-order valence-corrected chi connectivity index (χ3v) is 6.76. The molecule has 2 N–H and O–H groups in total. The fourth-order valence-corrected chi connectivity index (χ4v) is 4.81. The van der Waals surface area contributed by atoms with Gasteiger partial charge in [-0.2, -0.15) is 5.10 Å². The summed E-state index contributed by atoms with van der Waals surface area (Å²) >= 11 is 0. The van der Waals surface area contributed by atoms with Crippen LogP contribution in [-0.4, -0.2) is 71.0 Å². The first-order valence-corrected chi connectivity index (χ1v) is 11.9. The van der Waals surface area contributed by atoms with Gasteiger partial charge >= 0.3 is 0 Å². The Hall–Kier alpha value is -2.19. The van der Waals surface area contributed by atoms with Crippen molar-refractivity contribution in [2.45, 2.75) is 58.5 Å². The van der Waals surface area contributed by atoms with Crippen LogP contribution in [0.3, 0.4) is 0 Å².